The molecule has 126 valence electrons. The zero-order chi connectivity index (χ0) is 16.7. The molecule has 0 aromatic heterocycles. The van der Waals surface area contributed by atoms with Gasteiger partial charge < -0.3 is 33.1 Å². The molecule has 0 amide bonds. The second-order valence-corrected chi connectivity index (χ2v) is 2.03. The van der Waals surface area contributed by atoms with Crippen LogP contribution in [0.3, 0.4) is 0 Å². The number of carboxylic acids is 2. The molecule has 0 aliphatic heterocycles. The van der Waals surface area contributed by atoms with E-state index in [1.165, 1.54) is 0 Å². The monoisotopic (exact) mass is 339 g/mol. The van der Waals surface area contributed by atoms with Crippen molar-refractivity contribution in [3.8, 4) is 0 Å². The summed E-state index contributed by atoms with van der Waals surface area (Å²) in [5.41, 5.74) is 0. The van der Waals surface area contributed by atoms with Crippen molar-refractivity contribution in [3.05, 3.63) is 25.3 Å². The van der Waals surface area contributed by atoms with Crippen LogP contribution in [0.1, 0.15) is 22.2 Å². The minimum absolute atomic E-state index is 0. The summed E-state index contributed by atoms with van der Waals surface area (Å²) < 4.78 is 0. The maximum absolute atomic E-state index is 9.25. The molecule has 0 aliphatic rings. The van der Waals surface area contributed by atoms with Crippen LogP contribution in [0.25, 0.3) is 0 Å². The molecule has 0 aromatic carbocycles. The third kappa shape index (κ3) is 420. The molecule has 0 spiro atoms. The van der Waals surface area contributed by atoms with Gasteiger partial charge in [-0.05, 0) is 20.8 Å². The third-order valence-corrected chi connectivity index (χ3v) is 0.349. The van der Waals surface area contributed by atoms with Gasteiger partial charge in [0.25, 0.3) is 0 Å². The van der Waals surface area contributed by atoms with E-state index in [-0.39, 0.29) is 78.8 Å². The van der Waals surface area contributed by atoms with Crippen molar-refractivity contribution in [2.24, 2.45) is 0 Å². The molecule has 0 bridgehead atoms. The molecule has 0 atom stereocenters. The number of rotatable bonds is 2. The van der Waals surface area contributed by atoms with Crippen LogP contribution in [0.2, 0.25) is 0 Å². The van der Waals surface area contributed by atoms with Gasteiger partial charge in [0.05, 0.1) is 0 Å². The van der Waals surface area contributed by atoms with Gasteiger partial charge in [0.15, 0.2) is 0 Å². The van der Waals surface area contributed by atoms with E-state index in [1.54, 1.807) is 20.8 Å². The average molecular weight is 339 g/mol. The Kier molecular flexibility index (Phi) is 122. The van der Waals surface area contributed by atoms with Gasteiger partial charge in [0.2, 0.25) is 0 Å². The van der Waals surface area contributed by atoms with Crippen LogP contribution in [0.4, 0.5) is 0 Å². The molecule has 0 unspecified atom stereocenters. The van der Waals surface area contributed by atoms with Crippen LogP contribution in [-0.2, 0) is 9.59 Å². The van der Waals surface area contributed by atoms with Crippen LogP contribution in [0.5, 0.6) is 0 Å². The zero-order valence-corrected chi connectivity index (χ0v) is 16.6. The summed E-state index contributed by atoms with van der Waals surface area (Å²) in [5, 5.41) is 37.9. The summed E-state index contributed by atoms with van der Waals surface area (Å²) in [7, 11) is 0. The first kappa shape index (κ1) is 42.8. The second-order valence-electron chi connectivity index (χ2n) is 2.03. The van der Waals surface area contributed by atoms with Crippen molar-refractivity contribution < 1.29 is 87.9 Å². The molecule has 0 radical (unpaired) electrons. The molecular formula is C12H30KNO7. The molecule has 21 heavy (non-hydrogen) atoms. The number of carbonyl (C=O) groups is 2. The molecule has 0 saturated heterocycles. The van der Waals surface area contributed by atoms with Gasteiger partial charge in [-0.25, -0.2) is 9.59 Å². The smallest absolute Gasteiger partial charge is 1.00 e. The summed E-state index contributed by atoms with van der Waals surface area (Å²) in [6.07, 6.45) is 1.67. The first-order valence-corrected chi connectivity index (χ1v) is 5.32. The Morgan fingerprint density at radius 3 is 0.905 bits per heavy atom. The van der Waals surface area contributed by atoms with Gasteiger partial charge in [0.1, 0.15) is 0 Å². The van der Waals surface area contributed by atoms with Crippen molar-refractivity contribution in [2.45, 2.75) is 20.8 Å². The Morgan fingerprint density at radius 2 is 0.905 bits per heavy atom. The van der Waals surface area contributed by atoms with E-state index in [0.29, 0.717) is 0 Å². The van der Waals surface area contributed by atoms with E-state index in [1.807, 2.05) is 0 Å². The molecule has 0 fully saturated rings. The van der Waals surface area contributed by atoms with Gasteiger partial charge in [-0.3, -0.25) is 0 Å². The molecule has 0 saturated carbocycles. The van der Waals surface area contributed by atoms with Crippen LogP contribution in [0, 0.1) is 0 Å². The van der Waals surface area contributed by atoms with E-state index in [4.69, 9.17) is 25.5 Å². The fourth-order valence-corrected chi connectivity index (χ4v) is 0. The van der Waals surface area contributed by atoms with Crippen molar-refractivity contribution in [1.29, 1.82) is 0 Å². The fraction of sp³-hybridized carbons (Fsp3) is 0.500. The topological polar surface area (TPSA) is 170 Å². The summed E-state index contributed by atoms with van der Waals surface area (Å²) in [6, 6.07) is 0. The van der Waals surface area contributed by atoms with Crippen molar-refractivity contribution in [3.63, 3.8) is 0 Å². The molecule has 0 aromatic rings. The Morgan fingerprint density at radius 1 is 0.857 bits per heavy atom. The number of carboxylic acid groups (broad SMARTS) is 2. The standard InChI is InChI=1S/2C3H4O2.3C2H6O.K.H3N.H/c2*1-2-3(4)5;3*1-2-3;;;/h2*2H,1H2,(H,4,5);3*3H,2H2,1H3;;1H3;/q;;;;;+1;;-1. The third-order valence-electron chi connectivity index (χ3n) is 0.349. The summed E-state index contributed by atoms with van der Waals surface area (Å²) in [4.78, 5) is 18.5. The Balaban J connectivity index is -0.0000000183. The fourth-order valence-electron chi connectivity index (χ4n) is 0. The van der Waals surface area contributed by atoms with Crippen molar-refractivity contribution >= 4 is 11.9 Å². The first-order chi connectivity index (χ1) is 8.78. The largest absolute Gasteiger partial charge is 1.00 e. The Labute approximate surface area is 170 Å². The van der Waals surface area contributed by atoms with Crippen LogP contribution in [-0.4, -0.2) is 57.3 Å². The van der Waals surface area contributed by atoms with Gasteiger partial charge in [-0.2, -0.15) is 0 Å². The minimum atomic E-state index is -0.981. The van der Waals surface area contributed by atoms with Crippen LogP contribution >= 0.6 is 0 Å². The van der Waals surface area contributed by atoms with E-state index in [9.17, 15) is 9.59 Å². The predicted octanol–water partition coefficient (Wildman–Crippen LogP) is -2.21. The normalized spacial score (nSPS) is 5.62. The molecular weight excluding hydrogens is 309 g/mol. The van der Waals surface area contributed by atoms with Gasteiger partial charge in [-0.15, -0.1) is 0 Å². The number of aliphatic hydroxyl groups excluding tert-OH is 3. The van der Waals surface area contributed by atoms with E-state index in [2.05, 4.69) is 13.2 Å². The molecule has 9 heteroatoms. The zero-order valence-electron chi connectivity index (χ0n) is 14.4. The number of aliphatic carboxylic acids is 2. The quantitative estimate of drug-likeness (QED) is 0.243. The Bertz CT molecular complexity index is 185. The SMILES string of the molecule is C=CC(=O)O.C=CC(=O)O.CCO.CCO.CCO.N.[H-].[K+]. The maximum atomic E-state index is 9.25. The minimum Gasteiger partial charge on any atom is -1.00 e. The van der Waals surface area contributed by atoms with Crippen molar-refractivity contribution in [1.82, 2.24) is 6.15 Å². The van der Waals surface area contributed by atoms with Crippen molar-refractivity contribution in [2.75, 3.05) is 19.8 Å². The van der Waals surface area contributed by atoms with E-state index >= 15 is 0 Å². The Hall–Kier alpha value is -0.104. The van der Waals surface area contributed by atoms with Crippen LogP contribution < -0.4 is 57.5 Å². The molecule has 0 heterocycles. The van der Waals surface area contributed by atoms with Gasteiger partial charge in [-0.1, -0.05) is 13.2 Å². The molecule has 8 nitrogen and oxygen atoms in total. The summed E-state index contributed by atoms with van der Waals surface area (Å²) in [5.74, 6) is -1.96. The molecule has 0 rings (SSSR count). The summed E-state index contributed by atoms with van der Waals surface area (Å²) in [6.45, 7) is 11.7. The number of hydrogen-bond donors (Lipinski definition) is 6. The molecule has 8 N–H and O–H groups in total. The average Bonchev–Trinajstić information content (AvgIpc) is 2.32. The van der Waals surface area contributed by atoms with E-state index in [0.717, 1.165) is 12.2 Å². The predicted molar refractivity (Wildman–Crippen MR) is 80.1 cm³/mol. The number of aliphatic hydroxyl groups is 3. The first-order valence-electron chi connectivity index (χ1n) is 5.32. The molecule has 0 aliphatic carbocycles. The maximum Gasteiger partial charge on any atom is 1.00 e. The van der Waals surface area contributed by atoms with Crippen LogP contribution in [0.15, 0.2) is 25.3 Å². The second kappa shape index (κ2) is 59.8. The summed E-state index contributed by atoms with van der Waals surface area (Å²) >= 11 is 0. The number of hydrogen-bond acceptors (Lipinski definition) is 6. The van der Waals surface area contributed by atoms with E-state index < -0.39 is 11.9 Å². The van der Waals surface area contributed by atoms with Gasteiger partial charge in [0, 0.05) is 32.0 Å². The van der Waals surface area contributed by atoms with Gasteiger partial charge >= 0.3 is 63.3 Å².